The molecule has 0 saturated carbocycles. The van der Waals surface area contributed by atoms with E-state index >= 15 is 0 Å². The number of carbonyl (C=O) groups excluding carboxylic acids is 3. The molecular formula is C35H46N2O9. The van der Waals surface area contributed by atoms with Crippen LogP contribution in [0.15, 0.2) is 48.5 Å². The second-order valence-corrected chi connectivity index (χ2v) is 13.0. The van der Waals surface area contributed by atoms with Gasteiger partial charge in [-0.3, -0.25) is 4.79 Å². The number of ether oxygens (including phenoxy) is 6. The fourth-order valence-electron chi connectivity index (χ4n) is 5.63. The summed E-state index contributed by atoms with van der Waals surface area (Å²) in [6.07, 6.45) is 5.08. The Morgan fingerprint density at radius 1 is 0.761 bits per heavy atom. The normalized spacial score (nSPS) is 23.8. The van der Waals surface area contributed by atoms with Gasteiger partial charge in [0, 0.05) is 31.5 Å². The van der Waals surface area contributed by atoms with E-state index in [1.54, 1.807) is 74.2 Å². The van der Waals surface area contributed by atoms with Crippen molar-refractivity contribution in [3.05, 3.63) is 59.7 Å². The van der Waals surface area contributed by atoms with Crippen LogP contribution in [0.1, 0.15) is 92.9 Å². The molecule has 0 radical (unpaired) electrons. The Kier molecular flexibility index (Phi) is 11.4. The van der Waals surface area contributed by atoms with Crippen LogP contribution < -0.4 is 14.8 Å². The minimum absolute atomic E-state index is 0.118. The summed E-state index contributed by atoms with van der Waals surface area (Å²) in [7, 11) is 0. The molecular weight excluding hydrogens is 592 g/mol. The van der Waals surface area contributed by atoms with E-state index in [-0.39, 0.29) is 25.0 Å². The molecule has 3 fully saturated rings. The van der Waals surface area contributed by atoms with Gasteiger partial charge in [0.1, 0.15) is 23.2 Å². The quantitative estimate of drug-likeness (QED) is 0.355. The third-order valence-electron chi connectivity index (χ3n) is 8.03. The Bertz CT molecular complexity index is 1300. The van der Waals surface area contributed by atoms with Gasteiger partial charge in [0.25, 0.3) is 5.91 Å². The van der Waals surface area contributed by atoms with Gasteiger partial charge in [-0.2, -0.15) is 0 Å². The Labute approximate surface area is 270 Å². The third-order valence-corrected chi connectivity index (χ3v) is 8.03. The van der Waals surface area contributed by atoms with Crippen LogP contribution >= 0.6 is 0 Å². The van der Waals surface area contributed by atoms with Crippen molar-refractivity contribution in [2.75, 3.05) is 26.3 Å². The number of rotatable bonds is 8. The van der Waals surface area contributed by atoms with Crippen LogP contribution in [0.25, 0.3) is 0 Å². The first-order valence-corrected chi connectivity index (χ1v) is 16.4. The molecule has 1 N–H and O–H groups in total. The molecule has 46 heavy (non-hydrogen) atoms. The highest BCUT2D eigenvalue weighted by Gasteiger charge is 2.35. The Morgan fingerprint density at radius 3 is 1.85 bits per heavy atom. The van der Waals surface area contributed by atoms with Gasteiger partial charge in [-0.15, -0.1) is 0 Å². The average molecular weight is 639 g/mol. The molecule has 11 nitrogen and oxygen atoms in total. The number of hydrogen-bond donors (Lipinski definition) is 1. The van der Waals surface area contributed by atoms with Crippen molar-refractivity contribution in [3.63, 3.8) is 0 Å². The molecule has 0 aliphatic carbocycles. The first-order chi connectivity index (χ1) is 22.1. The van der Waals surface area contributed by atoms with E-state index in [1.165, 1.54) is 0 Å². The molecule has 250 valence electrons. The van der Waals surface area contributed by atoms with Crippen molar-refractivity contribution >= 4 is 18.0 Å². The second-order valence-electron chi connectivity index (χ2n) is 13.0. The minimum Gasteiger partial charge on any atom is -0.465 e. The van der Waals surface area contributed by atoms with Crippen molar-refractivity contribution in [2.24, 2.45) is 0 Å². The lowest BCUT2D eigenvalue weighted by molar-refractivity contribution is -0.106. The number of nitrogens with one attached hydrogen (secondary N) is 1. The van der Waals surface area contributed by atoms with E-state index < -0.39 is 29.8 Å². The molecule has 2 aromatic carbocycles. The topological polar surface area (TPSA) is 122 Å². The van der Waals surface area contributed by atoms with Crippen LogP contribution in [0.4, 0.5) is 4.79 Å². The molecule has 5 rings (SSSR count). The fraction of sp³-hybridized carbons (Fsp3) is 0.571. The highest BCUT2D eigenvalue weighted by atomic mass is 16.7. The number of carbonyl (C=O) groups is 3. The van der Waals surface area contributed by atoms with Crippen LogP contribution in [0.5, 0.6) is 11.5 Å². The predicted molar refractivity (Wildman–Crippen MR) is 169 cm³/mol. The third kappa shape index (κ3) is 9.83. The van der Waals surface area contributed by atoms with Gasteiger partial charge in [0.2, 0.25) is 0 Å². The van der Waals surface area contributed by atoms with Gasteiger partial charge in [-0.1, -0.05) is 0 Å². The molecule has 2 unspecified atom stereocenters. The summed E-state index contributed by atoms with van der Waals surface area (Å²) in [5.41, 5.74) is 0.0831. The highest BCUT2D eigenvalue weighted by molar-refractivity contribution is 5.94. The lowest BCUT2D eigenvalue weighted by Crippen LogP contribution is -2.51. The molecule has 2 aromatic rings. The molecule has 11 heteroatoms. The fourth-order valence-corrected chi connectivity index (χ4v) is 5.63. The van der Waals surface area contributed by atoms with Crippen molar-refractivity contribution in [3.8, 4) is 11.5 Å². The van der Waals surface area contributed by atoms with E-state index in [9.17, 15) is 14.4 Å². The van der Waals surface area contributed by atoms with Gasteiger partial charge in [0.05, 0.1) is 24.8 Å². The zero-order chi connectivity index (χ0) is 32.5. The summed E-state index contributed by atoms with van der Waals surface area (Å²) >= 11 is 0. The molecule has 0 aromatic heterocycles. The summed E-state index contributed by atoms with van der Waals surface area (Å²) in [5.74, 6) is 0.341. The maximum Gasteiger partial charge on any atom is 0.410 e. The zero-order valence-corrected chi connectivity index (χ0v) is 27.0. The summed E-state index contributed by atoms with van der Waals surface area (Å²) in [5, 5.41) is 3.02. The summed E-state index contributed by atoms with van der Waals surface area (Å²) in [6.45, 7) is 7.28. The first-order valence-electron chi connectivity index (χ1n) is 16.4. The number of hydrogen-bond acceptors (Lipinski definition) is 9. The standard InChI is InChI=1S/C35H46N2O9/c1-35(2,3)46-34(40)37-20-8-9-29(45-33(39)25-14-18-27(19-15-25)44-31-11-5-7-22-42-31)28(23-37)36-32(38)24-12-16-26(17-13-24)43-30-10-4-6-21-41-30/h12-19,28-31H,4-11,20-23H2,1-3H3,(H,36,38)/t28-,29-,30?,31?/m1/s1. The van der Waals surface area contributed by atoms with Crippen molar-refractivity contribution in [1.29, 1.82) is 0 Å². The highest BCUT2D eigenvalue weighted by Crippen LogP contribution is 2.24. The first kappa shape index (κ1) is 33.5. The molecule has 3 aliphatic rings. The molecule has 3 aliphatic heterocycles. The number of benzene rings is 2. The zero-order valence-electron chi connectivity index (χ0n) is 27.0. The SMILES string of the molecule is CC(C)(C)OC(=O)N1CCC[C@@H](OC(=O)c2ccc(OC3CCCCO3)cc2)[C@H](NC(=O)c2ccc(OC3CCCCO3)cc2)C1. The molecule has 2 amide bonds. The van der Waals surface area contributed by atoms with Gasteiger partial charge in [-0.05, 0) is 108 Å². The smallest absolute Gasteiger partial charge is 0.410 e. The number of likely N-dealkylation sites (tertiary alicyclic amines) is 1. The van der Waals surface area contributed by atoms with Crippen molar-refractivity contribution in [1.82, 2.24) is 10.2 Å². The van der Waals surface area contributed by atoms with Crippen LogP contribution in [0.2, 0.25) is 0 Å². The van der Waals surface area contributed by atoms with Crippen LogP contribution in [0.3, 0.4) is 0 Å². The van der Waals surface area contributed by atoms with E-state index in [0.29, 0.717) is 55.2 Å². The largest absolute Gasteiger partial charge is 0.465 e. The van der Waals surface area contributed by atoms with Crippen molar-refractivity contribution < 1.29 is 42.8 Å². The lowest BCUT2D eigenvalue weighted by atomic mass is 10.1. The van der Waals surface area contributed by atoms with Crippen LogP contribution in [-0.2, 0) is 18.9 Å². The number of amides is 2. The monoisotopic (exact) mass is 638 g/mol. The van der Waals surface area contributed by atoms with Crippen LogP contribution in [0, 0.1) is 0 Å². The minimum atomic E-state index is -0.681. The second kappa shape index (κ2) is 15.6. The predicted octanol–water partition coefficient (Wildman–Crippen LogP) is 5.85. The summed E-state index contributed by atoms with van der Waals surface area (Å²) in [4.78, 5) is 41.4. The molecule has 3 saturated heterocycles. The van der Waals surface area contributed by atoms with E-state index in [1.807, 2.05) is 0 Å². The average Bonchev–Trinajstić information content (AvgIpc) is 3.24. The number of esters is 1. The van der Waals surface area contributed by atoms with Crippen LogP contribution in [-0.4, -0.2) is 79.5 Å². The van der Waals surface area contributed by atoms with Gasteiger partial charge >= 0.3 is 12.1 Å². The summed E-state index contributed by atoms with van der Waals surface area (Å²) in [6, 6.07) is 12.9. The van der Waals surface area contributed by atoms with Gasteiger partial charge in [-0.25, -0.2) is 9.59 Å². The molecule has 3 heterocycles. The van der Waals surface area contributed by atoms with E-state index in [2.05, 4.69) is 5.32 Å². The van der Waals surface area contributed by atoms with E-state index in [4.69, 9.17) is 28.4 Å². The Hall–Kier alpha value is -3.83. The maximum atomic E-state index is 13.5. The lowest BCUT2D eigenvalue weighted by Gasteiger charge is -2.30. The Morgan fingerprint density at radius 2 is 1.33 bits per heavy atom. The van der Waals surface area contributed by atoms with E-state index in [0.717, 1.165) is 38.5 Å². The molecule has 4 atom stereocenters. The Balaban J connectivity index is 1.25. The van der Waals surface area contributed by atoms with Gasteiger partial charge in [0.15, 0.2) is 12.6 Å². The van der Waals surface area contributed by atoms with Gasteiger partial charge < -0.3 is 38.6 Å². The molecule has 0 bridgehead atoms. The van der Waals surface area contributed by atoms with Crippen molar-refractivity contribution in [2.45, 2.75) is 102 Å². The maximum absolute atomic E-state index is 13.5. The number of nitrogens with zero attached hydrogens (tertiary/aromatic N) is 1. The summed E-state index contributed by atoms with van der Waals surface area (Å²) < 4.78 is 34.7. The molecule has 0 spiro atoms.